The minimum absolute atomic E-state index is 0.196. The van der Waals surface area contributed by atoms with E-state index < -0.39 is 17.9 Å². The highest BCUT2D eigenvalue weighted by atomic mass is 16.2. The quantitative estimate of drug-likeness (QED) is 0.801. The summed E-state index contributed by atoms with van der Waals surface area (Å²) in [7, 11) is 0. The molecule has 1 aromatic carbocycles. The Labute approximate surface area is 152 Å². The largest absolute Gasteiger partial charge is 0.350 e. The fourth-order valence-corrected chi connectivity index (χ4v) is 3.24. The number of hydrogen-bond donors (Lipinski definition) is 1. The summed E-state index contributed by atoms with van der Waals surface area (Å²) < 4.78 is 1.72. The molecule has 7 heteroatoms. The first kappa shape index (κ1) is 17.8. The Balaban J connectivity index is 1.78. The first-order valence-electron chi connectivity index (χ1n) is 8.65. The Morgan fingerprint density at radius 3 is 2.19 bits per heavy atom. The van der Waals surface area contributed by atoms with E-state index in [1.165, 1.54) is 0 Å². The molecular weight excluding hydrogens is 332 g/mol. The highest BCUT2D eigenvalue weighted by Crippen LogP contribution is 2.27. The Hall–Kier alpha value is -2.96. The number of hydrogen-bond acceptors (Lipinski definition) is 4. The molecule has 3 amide bonds. The predicted molar refractivity (Wildman–Crippen MR) is 95.4 cm³/mol. The Bertz CT molecular complexity index is 794. The average molecular weight is 354 g/mol. The van der Waals surface area contributed by atoms with Crippen molar-refractivity contribution >= 4 is 17.7 Å². The van der Waals surface area contributed by atoms with Gasteiger partial charge in [0.1, 0.15) is 6.04 Å². The lowest BCUT2D eigenvalue weighted by Crippen LogP contribution is -2.54. The van der Waals surface area contributed by atoms with Crippen molar-refractivity contribution in [1.82, 2.24) is 20.0 Å². The SMILES string of the molecule is CC(C)[C@H](C(=O)N[C@@H](C)Cn1cccn1)N1C(=O)c2ccccc2C1=O. The maximum absolute atomic E-state index is 12.9. The molecule has 0 bridgehead atoms. The number of fused-ring (bicyclic) bond motifs is 1. The number of aromatic nitrogens is 2. The number of nitrogens with zero attached hydrogens (tertiary/aromatic N) is 3. The third-order valence-electron chi connectivity index (χ3n) is 4.41. The van der Waals surface area contributed by atoms with Gasteiger partial charge in [0, 0.05) is 18.4 Å². The zero-order valence-corrected chi connectivity index (χ0v) is 15.0. The summed E-state index contributed by atoms with van der Waals surface area (Å²) in [6.07, 6.45) is 3.48. The smallest absolute Gasteiger partial charge is 0.262 e. The second-order valence-corrected chi connectivity index (χ2v) is 6.85. The standard InChI is InChI=1S/C19H22N4O3/c1-12(2)16(17(24)21-13(3)11-22-10-6-9-20-22)23-18(25)14-7-4-5-8-15(14)19(23)26/h4-10,12-13,16H,11H2,1-3H3,(H,21,24)/t13-,16+/m0/s1. The molecule has 2 heterocycles. The zero-order valence-electron chi connectivity index (χ0n) is 15.0. The van der Waals surface area contributed by atoms with Crippen molar-refractivity contribution in [2.75, 3.05) is 0 Å². The molecule has 0 fully saturated rings. The van der Waals surface area contributed by atoms with Crippen LogP contribution < -0.4 is 5.32 Å². The summed E-state index contributed by atoms with van der Waals surface area (Å²) in [5.74, 6) is -1.39. The monoisotopic (exact) mass is 354 g/mol. The van der Waals surface area contributed by atoms with E-state index in [1.807, 2.05) is 33.0 Å². The fourth-order valence-electron chi connectivity index (χ4n) is 3.24. The summed E-state index contributed by atoms with van der Waals surface area (Å²) >= 11 is 0. The van der Waals surface area contributed by atoms with Gasteiger partial charge in [0.2, 0.25) is 5.91 Å². The maximum atomic E-state index is 12.9. The minimum Gasteiger partial charge on any atom is -0.350 e. The normalized spacial score (nSPS) is 15.9. The van der Waals surface area contributed by atoms with Crippen LogP contribution in [0.1, 0.15) is 41.5 Å². The van der Waals surface area contributed by atoms with Crippen LogP contribution in [0.2, 0.25) is 0 Å². The average Bonchev–Trinajstić information content (AvgIpc) is 3.17. The molecule has 3 rings (SSSR count). The van der Waals surface area contributed by atoms with E-state index in [0.29, 0.717) is 17.7 Å². The molecular formula is C19H22N4O3. The number of nitrogens with one attached hydrogen (secondary N) is 1. The van der Waals surface area contributed by atoms with Crippen molar-refractivity contribution in [3.8, 4) is 0 Å². The number of imide groups is 1. The molecule has 26 heavy (non-hydrogen) atoms. The summed E-state index contributed by atoms with van der Waals surface area (Å²) in [5, 5.41) is 7.02. The fraction of sp³-hybridized carbons (Fsp3) is 0.368. The van der Waals surface area contributed by atoms with Gasteiger partial charge in [0.15, 0.2) is 0 Å². The molecule has 7 nitrogen and oxygen atoms in total. The topological polar surface area (TPSA) is 84.3 Å². The molecule has 0 unspecified atom stereocenters. The van der Waals surface area contributed by atoms with Gasteiger partial charge < -0.3 is 5.32 Å². The van der Waals surface area contributed by atoms with E-state index in [4.69, 9.17) is 0 Å². The zero-order chi connectivity index (χ0) is 18.8. The molecule has 136 valence electrons. The van der Waals surface area contributed by atoms with Crippen LogP contribution in [0.15, 0.2) is 42.7 Å². The molecule has 2 aromatic rings. The number of rotatable bonds is 6. The van der Waals surface area contributed by atoms with Crippen molar-refractivity contribution in [2.45, 2.75) is 39.4 Å². The van der Waals surface area contributed by atoms with Crippen LogP contribution in [0, 0.1) is 5.92 Å². The second-order valence-electron chi connectivity index (χ2n) is 6.85. The van der Waals surface area contributed by atoms with E-state index in [-0.39, 0.29) is 17.9 Å². The van der Waals surface area contributed by atoms with Crippen LogP contribution in [0.5, 0.6) is 0 Å². The van der Waals surface area contributed by atoms with Gasteiger partial charge >= 0.3 is 0 Å². The molecule has 2 atom stereocenters. The summed E-state index contributed by atoms with van der Waals surface area (Å²) in [6.45, 7) is 6.02. The van der Waals surface area contributed by atoms with Gasteiger partial charge in [-0.25, -0.2) is 0 Å². The third-order valence-corrected chi connectivity index (χ3v) is 4.41. The van der Waals surface area contributed by atoms with E-state index in [2.05, 4.69) is 10.4 Å². The third kappa shape index (κ3) is 3.24. The van der Waals surface area contributed by atoms with Crippen LogP contribution in [-0.4, -0.2) is 44.5 Å². The van der Waals surface area contributed by atoms with Crippen molar-refractivity contribution in [3.05, 3.63) is 53.9 Å². The van der Waals surface area contributed by atoms with Crippen molar-refractivity contribution in [1.29, 1.82) is 0 Å². The highest BCUT2D eigenvalue weighted by molar-refractivity contribution is 6.22. The Morgan fingerprint density at radius 2 is 1.69 bits per heavy atom. The number of amides is 3. The van der Waals surface area contributed by atoms with Gasteiger partial charge in [-0.3, -0.25) is 24.0 Å². The second kappa shape index (κ2) is 7.11. The summed E-state index contributed by atoms with van der Waals surface area (Å²) in [6, 6.07) is 7.41. The lowest BCUT2D eigenvalue weighted by Gasteiger charge is -2.29. The van der Waals surface area contributed by atoms with Crippen LogP contribution >= 0.6 is 0 Å². The molecule has 0 spiro atoms. The molecule has 0 aliphatic carbocycles. The summed E-state index contributed by atoms with van der Waals surface area (Å²) in [4.78, 5) is 39.4. The van der Waals surface area contributed by atoms with Crippen molar-refractivity contribution in [2.24, 2.45) is 5.92 Å². The molecule has 0 saturated heterocycles. The predicted octanol–water partition coefficient (Wildman–Crippen LogP) is 1.71. The van der Waals surface area contributed by atoms with Gasteiger partial charge in [-0.05, 0) is 31.0 Å². The van der Waals surface area contributed by atoms with Gasteiger partial charge in [0.25, 0.3) is 11.8 Å². The first-order valence-corrected chi connectivity index (χ1v) is 8.65. The number of carbonyl (C=O) groups excluding carboxylic acids is 3. The van der Waals surface area contributed by atoms with Gasteiger partial charge in [-0.15, -0.1) is 0 Å². The van der Waals surface area contributed by atoms with Crippen molar-refractivity contribution < 1.29 is 14.4 Å². The molecule has 1 aromatic heterocycles. The Kier molecular flexibility index (Phi) is 4.88. The lowest BCUT2D eigenvalue weighted by molar-refractivity contribution is -0.127. The van der Waals surface area contributed by atoms with Crippen LogP contribution in [0.4, 0.5) is 0 Å². The van der Waals surface area contributed by atoms with Crippen LogP contribution in [0.25, 0.3) is 0 Å². The molecule has 1 aliphatic rings. The molecule has 1 N–H and O–H groups in total. The van der Waals surface area contributed by atoms with E-state index in [1.54, 1.807) is 35.1 Å². The van der Waals surface area contributed by atoms with E-state index >= 15 is 0 Å². The summed E-state index contributed by atoms with van der Waals surface area (Å²) in [5.41, 5.74) is 0.695. The van der Waals surface area contributed by atoms with Gasteiger partial charge in [-0.2, -0.15) is 5.10 Å². The maximum Gasteiger partial charge on any atom is 0.262 e. The van der Waals surface area contributed by atoms with Crippen LogP contribution in [-0.2, 0) is 11.3 Å². The molecule has 0 radical (unpaired) electrons. The van der Waals surface area contributed by atoms with E-state index in [0.717, 1.165) is 4.90 Å². The minimum atomic E-state index is -0.859. The van der Waals surface area contributed by atoms with Crippen molar-refractivity contribution in [3.63, 3.8) is 0 Å². The van der Waals surface area contributed by atoms with Gasteiger partial charge in [-0.1, -0.05) is 26.0 Å². The van der Waals surface area contributed by atoms with Gasteiger partial charge in [0.05, 0.1) is 17.7 Å². The molecule has 0 saturated carbocycles. The molecule has 1 aliphatic heterocycles. The lowest BCUT2D eigenvalue weighted by atomic mass is 10.0. The number of benzene rings is 1. The van der Waals surface area contributed by atoms with E-state index in [9.17, 15) is 14.4 Å². The van der Waals surface area contributed by atoms with Crippen LogP contribution in [0.3, 0.4) is 0 Å². The highest BCUT2D eigenvalue weighted by Gasteiger charge is 2.44. The first-order chi connectivity index (χ1) is 12.4. The number of carbonyl (C=O) groups is 3. The Morgan fingerprint density at radius 1 is 1.08 bits per heavy atom.